The first-order valence-corrected chi connectivity index (χ1v) is 5.01. The minimum atomic E-state index is 0.130. The molecule has 1 saturated heterocycles. The van der Waals surface area contributed by atoms with Crippen LogP contribution in [0.1, 0.15) is 13.3 Å². The highest BCUT2D eigenvalue weighted by Crippen LogP contribution is 2.17. The number of aliphatic hydroxyl groups is 2. The maximum Gasteiger partial charge on any atom is 0.268 e. The van der Waals surface area contributed by atoms with Crippen molar-refractivity contribution in [3.8, 4) is 0 Å². The second-order valence-corrected chi connectivity index (χ2v) is 3.12. The van der Waals surface area contributed by atoms with Crippen molar-refractivity contribution in [1.29, 1.82) is 0 Å². The molecule has 1 fully saturated rings. The summed E-state index contributed by atoms with van der Waals surface area (Å²) in [5.74, 6) is 0. The molecule has 0 bridgehead atoms. The molecule has 1 rings (SSSR count). The molecule has 1 aliphatic rings. The van der Waals surface area contributed by atoms with Crippen LogP contribution in [0, 0.1) is 0 Å². The number of halogens is 1. The molecule has 0 amide bonds. The highest BCUT2D eigenvalue weighted by atomic mass is 79.9. The van der Waals surface area contributed by atoms with Crippen LogP contribution >= 0.6 is 15.9 Å². The van der Waals surface area contributed by atoms with Crippen LogP contribution in [0.3, 0.4) is 0 Å². The van der Waals surface area contributed by atoms with Crippen molar-refractivity contribution in [2.24, 2.45) is 0 Å². The molecule has 0 saturated carbocycles. The zero-order chi connectivity index (χ0) is 8.10. The minimum Gasteiger partial charge on any atom is -0.406 e. The number of ether oxygens (including phenoxy) is 2. The van der Waals surface area contributed by atoms with E-state index < -0.39 is 0 Å². The average Bonchev–Trinajstić information content (AvgIpc) is 2.38. The summed E-state index contributed by atoms with van der Waals surface area (Å²) in [4.78, 5) is 0. The van der Waals surface area contributed by atoms with Gasteiger partial charge in [0.2, 0.25) is 0 Å². The summed E-state index contributed by atoms with van der Waals surface area (Å²) in [6.07, 6.45) is 3.28. The first-order valence-electron chi connectivity index (χ1n) is 3.89. The lowest BCUT2D eigenvalue weighted by Gasteiger charge is -2.02. The molecule has 0 aliphatic carbocycles. The highest BCUT2D eigenvalue weighted by molar-refractivity contribution is 9.09. The largest absolute Gasteiger partial charge is 0.406 e. The SMILES string of the molecule is CCO[C@H]1C/C(=C/CBr)C[OH+]1. The number of alkyl halides is 1. The van der Waals surface area contributed by atoms with Gasteiger partial charge in [-0.2, -0.15) is 0 Å². The summed E-state index contributed by atoms with van der Waals surface area (Å²) in [6, 6.07) is 0. The Hall–Kier alpha value is 0.140. The van der Waals surface area contributed by atoms with Gasteiger partial charge in [0.05, 0.1) is 13.0 Å². The molecule has 0 aromatic carbocycles. The van der Waals surface area contributed by atoms with Gasteiger partial charge in [0.25, 0.3) is 6.29 Å². The van der Waals surface area contributed by atoms with E-state index in [1.165, 1.54) is 5.57 Å². The monoisotopic (exact) mass is 221 g/mol. The summed E-state index contributed by atoms with van der Waals surface area (Å²) in [7, 11) is 0. The highest BCUT2D eigenvalue weighted by Gasteiger charge is 2.24. The van der Waals surface area contributed by atoms with Crippen molar-refractivity contribution >= 4 is 15.9 Å². The second kappa shape index (κ2) is 4.91. The van der Waals surface area contributed by atoms with Crippen molar-refractivity contribution < 1.29 is 9.47 Å². The zero-order valence-electron chi connectivity index (χ0n) is 6.72. The van der Waals surface area contributed by atoms with Gasteiger partial charge < -0.3 is 9.47 Å². The fourth-order valence-corrected chi connectivity index (χ4v) is 1.59. The van der Waals surface area contributed by atoms with E-state index in [0.29, 0.717) is 0 Å². The van der Waals surface area contributed by atoms with Gasteiger partial charge in [-0.05, 0) is 6.92 Å². The Morgan fingerprint density at radius 1 is 1.82 bits per heavy atom. The minimum absolute atomic E-state index is 0.130. The van der Waals surface area contributed by atoms with Crippen molar-refractivity contribution in [1.82, 2.24) is 0 Å². The molecule has 0 aromatic heterocycles. The molecule has 0 unspecified atom stereocenters. The first-order chi connectivity index (χ1) is 5.36. The van der Waals surface area contributed by atoms with Gasteiger partial charge in [0, 0.05) is 10.9 Å². The van der Waals surface area contributed by atoms with Crippen LogP contribution in [-0.2, 0) is 4.74 Å². The Morgan fingerprint density at radius 2 is 2.64 bits per heavy atom. The van der Waals surface area contributed by atoms with E-state index in [1.807, 2.05) is 6.92 Å². The van der Waals surface area contributed by atoms with Crippen LogP contribution < -0.4 is 0 Å². The van der Waals surface area contributed by atoms with E-state index in [1.54, 1.807) is 0 Å². The molecule has 11 heavy (non-hydrogen) atoms. The van der Waals surface area contributed by atoms with Crippen LogP contribution in [0.25, 0.3) is 0 Å². The molecule has 3 heteroatoms. The predicted molar refractivity (Wildman–Crippen MR) is 49.0 cm³/mol. The van der Waals surface area contributed by atoms with Gasteiger partial charge >= 0.3 is 0 Å². The van der Waals surface area contributed by atoms with E-state index >= 15 is 0 Å². The van der Waals surface area contributed by atoms with Gasteiger partial charge in [-0.3, -0.25) is 0 Å². The predicted octanol–water partition coefficient (Wildman–Crippen LogP) is 1.60. The summed E-state index contributed by atoms with van der Waals surface area (Å²) in [6.45, 7) is 3.62. The standard InChI is InChI=1S/C8H13BrO2/c1-2-10-8-5-7(3-4-9)6-11-8/h3,8H,2,4-6H2,1H3/p+1/b7-3-/t8-/m1/s1. The van der Waals surface area contributed by atoms with E-state index in [9.17, 15) is 0 Å². The molecule has 2 nitrogen and oxygen atoms in total. The van der Waals surface area contributed by atoms with E-state index in [0.717, 1.165) is 25.0 Å². The first kappa shape index (κ1) is 9.23. The van der Waals surface area contributed by atoms with Crippen molar-refractivity contribution in [2.75, 3.05) is 18.5 Å². The third-order valence-electron chi connectivity index (χ3n) is 1.66. The number of allylic oxidation sites excluding steroid dienone is 1. The van der Waals surface area contributed by atoms with Crippen LogP contribution in [0.4, 0.5) is 0 Å². The molecule has 0 aromatic rings. The lowest BCUT2D eigenvalue weighted by Crippen LogP contribution is -2.13. The second-order valence-electron chi connectivity index (χ2n) is 2.47. The summed E-state index contributed by atoms with van der Waals surface area (Å²) < 4.78 is 9.67. The maximum atomic E-state index is 5.36. The van der Waals surface area contributed by atoms with Crippen LogP contribution in [-0.4, -0.2) is 29.6 Å². The Morgan fingerprint density at radius 3 is 3.27 bits per heavy atom. The number of rotatable bonds is 3. The summed E-state index contributed by atoms with van der Waals surface area (Å²) in [5, 5.41) is 0.927. The van der Waals surface area contributed by atoms with Crippen molar-refractivity contribution in [2.45, 2.75) is 19.6 Å². The van der Waals surface area contributed by atoms with Crippen LogP contribution in [0.5, 0.6) is 0 Å². The van der Waals surface area contributed by atoms with E-state index in [2.05, 4.69) is 26.7 Å². The normalized spacial score (nSPS) is 28.2. The molecule has 64 valence electrons. The third kappa shape index (κ3) is 2.93. The van der Waals surface area contributed by atoms with Crippen LogP contribution in [0.15, 0.2) is 11.6 Å². The average molecular weight is 222 g/mol. The molecule has 1 aliphatic heterocycles. The summed E-state index contributed by atoms with van der Waals surface area (Å²) >= 11 is 3.36. The van der Waals surface area contributed by atoms with Crippen LogP contribution in [0.2, 0.25) is 0 Å². The van der Waals surface area contributed by atoms with Gasteiger partial charge in [-0.1, -0.05) is 22.0 Å². The quantitative estimate of drug-likeness (QED) is 0.404. The van der Waals surface area contributed by atoms with E-state index in [-0.39, 0.29) is 6.29 Å². The fraction of sp³-hybridized carbons (Fsp3) is 0.750. The molecular formula is C8H14BrO2+. The maximum absolute atomic E-state index is 5.36. The van der Waals surface area contributed by atoms with Crippen molar-refractivity contribution in [3.63, 3.8) is 0 Å². The Bertz CT molecular complexity index is 145. The van der Waals surface area contributed by atoms with Gasteiger partial charge in [0.1, 0.15) is 0 Å². The molecule has 1 N–H and O–H groups in total. The third-order valence-corrected chi connectivity index (χ3v) is 1.98. The lowest BCUT2D eigenvalue weighted by atomic mass is 10.2. The van der Waals surface area contributed by atoms with Gasteiger partial charge in [0.15, 0.2) is 6.61 Å². The number of hydrogen-bond acceptors (Lipinski definition) is 1. The zero-order valence-corrected chi connectivity index (χ0v) is 8.30. The summed E-state index contributed by atoms with van der Waals surface area (Å²) in [5.41, 5.74) is 1.39. The Balaban J connectivity index is 2.28. The molecule has 0 radical (unpaired) electrons. The van der Waals surface area contributed by atoms with Crippen molar-refractivity contribution in [3.05, 3.63) is 11.6 Å². The smallest absolute Gasteiger partial charge is 0.268 e. The molecule has 0 spiro atoms. The Kier molecular flexibility index (Phi) is 4.12. The molecule has 1 heterocycles. The molecular weight excluding hydrogens is 208 g/mol. The molecule has 1 atom stereocenters. The fourth-order valence-electron chi connectivity index (χ4n) is 1.13. The van der Waals surface area contributed by atoms with Gasteiger partial charge in [-0.15, -0.1) is 0 Å². The topological polar surface area (TPSA) is 22.0 Å². The lowest BCUT2D eigenvalue weighted by molar-refractivity contribution is -0.203. The van der Waals surface area contributed by atoms with E-state index in [4.69, 9.17) is 4.74 Å². The van der Waals surface area contributed by atoms with Gasteiger partial charge in [-0.25, -0.2) is 0 Å². The number of hydrogen-bond donors (Lipinski definition) is 0. The Labute approximate surface area is 75.7 Å².